The van der Waals surface area contributed by atoms with Crippen molar-refractivity contribution in [3.63, 3.8) is 0 Å². The van der Waals surface area contributed by atoms with Gasteiger partial charge >= 0.3 is 0 Å². The van der Waals surface area contributed by atoms with Crippen LogP contribution in [0.25, 0.3) is 0 Å². The zero-order chi connectivity index (χ0) is 12.4. The van der Waals surface area contributed by atoms with Crippen molar-refractivity contribution in [1.82, 2.24) is 9.97 Å². The molecule has 2 rings (SSSR count). The Labute approximate surface area is 105 Å². The highest BCUT2D eigenvalue weighted by atomic mass is 35.5. The van der Waals surface area contributed by atoms with Gasteiger partial charge in [-0.15, -0.1) is 0 Å². The predicted octanol–water partition coefficient (Wildman–Crippen LogP) is 3.81. The SMILES string of the molecule is Fc1ccc(Nc2nc(Cl)ncc2F)cc1Cl. The van der Waals surface area contributed by atoms with Crippen LogP contribution < -0.4 is 5.32 Å². The molecule has 0 aliphatic heterocycles. The summed E-state index contributed by atoms with van der Waals surface area (Å²) in [7, 11) is 0. The molecule has 0 bridgehead atoms. The van der Waals surface area contributed by atoms with Gasteiger partial charge in [-0.25, -0.2) is 13.8 Å². The lowest BCUT2D eigenvalue weighted by Crippen LogP contribution is -1.99. The summed E-state index contributed by atoms with van der Waals surface area (Å²) in [4.78, 5) is 7.12. The van der Waals surface area contributed by atoms with Gasteiger partial charge in [-0.05, 0) is 29.8 Å². The molecule has 0 saturated heterocycles. The predicted molar refractivity (Wildman–Crippen MR) is 61.7 cm³/mol. The Balaban J connectivity index is 2.31. The summed E-state index contributed by atoms with van der Waals surface area (Å²) in [5.74, 6) is -1.33. The minimum Gasteiger partial charge on any atom is -0.338 e. The van der Waals surface area contributed by atoms with E-state index < -0.39 is 11.6 Å². The number of rotatable bonds is 2. The summed E-state index contributed by atoms with van der Waals surface area (Å²) in [5.41, 5.74) is 0.394. The number of hydrogen-bond acceptors (Lipinski definition) is 3. The third-order valence-electron chi connectivity index (χ3n) is 1.90. The Kier molecular flexibility index (Phi) is 3.40. The molecule has 1 aromatic carbocycles. The van der Waals surface area contributed by atoms with Gasteiger partial charge in [0, 0.05) is 5.69 Å². The number of aromatic nitrogens is 2. The molecule has 0 amide bonds. The number of halogens is 4. The molecule has 17 heavy (non-hydrogen) atoms. The van der Waals surface area contributed by atoms with Gasteiger partial charge in [0.2, 0.25) is 5.28 Å². The second-order valence-corrected chi connectivity index (χ2v) is 3.83. The molecule has 0 fully saturated rings. The summed E-state index contributed by atoms with van der Waals surface area (Å²) < 4.78 is 26.2. The van der Waals surface area contributed by atoms with E-state index in [9.17, 15) is 8.78 Å². The van der Waals surface area contributed by atoms with Crippen LogP contribution in [0.4, 0.5) is 20.3 Å². The van der Waals surface area contributed by atoms with Crippen molar-refractivity contribution < 1.29 is 8.78 Å². The molecule has 7 heteroatoms. The average molecular weight is 276 g/mol. The third-order valence-corrected chi connectivity index (χ3v) is 2.37. The highest BCUT2D eigenvalue weighted by molar-refractivity contribution is 6.31. The summed E-state index contributed by atoms with van der Waals surface area (Å²) in [6.45, 7) is 0. The Hall–Kier alpha value is -1.46. The fourth-order valence-corrected chi connectivity index (χ4v) is 1.46. The molecule has 1 N–H and O–H groups in total. The number of nitrogens with zero attached hydrogens (tertiary/aromatic N) is 2. The first-order chi connectivity index (χ1) is 8.06. The van der Waals surface area contributed by atoms with Crippen LogP contribution in [-0.4, -0.2) is 9.97 Å². The highest BCUT2D eigenvalue weighted by Gasteiger charge is 2.07. The van der Waals surface area contributed by atoms with Gasteiger partial charge in [-0.2, -0.15) is 4.98 Å². The largest absolute Gasteiger partial charge is 0.338 e. The fraction of sp³-hybridized carbons (Fsp3) is 0. The fourth-order valence-electron chi connectivity index (χ4n) is 1.14. The maximum atomic E-state index is 13.3. The number of anilines is 2. The number of hydrogen-bond donors (Lipinski definition) is 1. The van der Waals surface area contributed by atoms with E-state index in [1.165, 1.54) is 12.1 Å². The Morgan fingerprint density at radius 2 is 1.88 bits per heavy atom. The van der Waals surface area contributed by atoms with E-state index in [1.807, 2.05) is 0 Å². The van der Waals surface area contributed by atoms with Crippen LogP contribution in [0.3, 0.4) is 0 Å². The lowest BCUT2D eigenvalue weighted by Gasteiger charge is -2.06. The first-order valence-electron chi connectivity index (χ1n) is 4.46. The summed E-state index contributed by atoms with van der Waals surface area (Å²) in [5, 5.41) is 2.45. The van der Waals surface area contributed by atoms with Gasteiger partial charge in [0.15, 0.2) is 11.6 Å². The van der Waals surface area contributed by atoms with Crippen molar-refractivity contribution in [2.75, 3.05) is 5.32 Å². The Morgan fingerprint density at radius 3 is 2.59 bits per heavy atom. The monoisotopic (exact) mass is 275 g/mol. The molecule has 0 radical (unpaired) electrons. The standard InChI is InChI=1S/C10H5Cl2F2N3/c11-6-3-5(1-2-7(6)13)16-9-8(14)4-15-10(12)17-9/h1-4H,(H,15,16,17). The van der Waals surface area contributed by atoms with Gasteiger partial charge in [-0.3, -0.25) is 0 Å². The second kappa shape index (κ2) is 4.81. The number of benzene rings is 1. The maximum Gasteiger partial charge on any atom is 0.224 e. The number of nitrogens with one attached hydrogen (secondary N) is 1. The van der Waals surface area contributed by atoms with Gasteiger partial charge in [0.1, 0.15) is 5.82 Å². The molecule has 1 heterocycles. The molecule has 3 nitrogen and oxygen atoms in total. The van der Waals surface area contributed by atoms with Gasteiger partial charge < -0.3 is 5.32 Å². The lowest BCUT2D eigenvalue weighted by molar-refractivity contribution is 0.618. The average Bonchev–Trinajstić information content (AvgIpc) is 2.29. The minimum atomic E-state index is -0.671. The van der Waals surface area contributed by atoms with Crippen molar-refractivity contribution in [3.05, 3.63) is 46.3 Å². The van der Waals surface area contributed by atoms with E-state index >= 15 is 0 Å². The molecule has 0 aliphatic rings. The second-order valence-electron chi connectivity index (χ2n) is 3.09. The van der Waals surface area contributed by atoms with Crippen LogP contribution >= 0.6 is 23.2 Å². The van der Waals surface area contributed by atoms with Crippen LogP contribution in [0.15, 0.2) is 24.4 Å². The zero-order valence-electron chi connectivity index (χ0n) is 8.22. The van der Waals surface area contributed by atoms with Gasteiger partial charge in [0.25, 0.3) is 0 Å². The molecule has 0 atom stereocenters. The molecular weight excluding hydrogens is 271 g/mol. The summed E-state index contributed by atoms with van der Waals surface area (Å²) >= 11 is 11.1. The van der Waals surface area contributed by atoms with E-state index in [1.54, 1.807) is 0 Å². The third kappa shape index (κ3) is 2.81. The molecule has 0 saturated carbocycles. The van der Waals surface area contributed by atoms with Crippen molar-refractivity contribution in [3.8, 4) is 0 Å². The van der Waals surface area contributed by atoms with Gasteiger partial charge in [0.05, 0.1) is 11.2 Å². The van der Waals surface area contributed by atoms with E-state index in [0.717, 1.165) is 12.3 Å². The smallest absolute Gasteiger partial charge is 0.224 e. The minimum absolute atomic E-state index is 0.0736. The van der Waals surface area contributed by atoms with Crippen LogP contribution in [0, 0.1) is 11.6 Å². The van der Waals surface area contributed by atoms with Crippen molar-refractivity contribution in [2.45, 2.75) is 0 Å². The van der Waals surface area contributed by atoms with Crippen LogP contribution in [-0.2, 0) is 0 Å². The molecule has 2 aromatic rings. The van der Waals surface area contributed by atoms with E-state index in [-0.39, 0.29) is 16.1 Å². The Morgan fingerprint density at radius 1 is 1.12 bits per heavy atom. The van der Waals surface area contributed by atoms with E-state index in [2.05, 4.69) is 15.3 Å². The highest BCUT2D eigenvalue weighted by Crippen LogP contribution is 2.23. The first-order valence-corrected chi connectivity index (χ1v) is 5.22. The first kappa shape index (κ1) is 12.0. The lowest BCUT2D eigenvalue weighted by atomic mass is 10.3. The molecule has 0 unspecified atom stereocenters. The van der Waals surface area contributed by atoms with E-state index in [4.69, 9.17) is 23.2 Å². The molecule has 1 aromatic heterocycles. The molecule has 88 valence electrons. The van der Waals surface area contributed by atoms with Crippen LogP contribution in [0.2, 0.25) is 10.3 Å². The van der Waals surface area contributed by atoms with Crippen molar-refractivity contribution >= 4 is 34.7 Å². The van der Waals surface area contributed by atoms with Crippen molar-refractivity contribution in [1.29, 1.82) is 0 Å². The molecule has 0 aliphatic carbocycles. The summed E-state index contributed by atoms with van der Waals surface area (Å²) in [6, 6.07) is 3.87. The summed E-state index contributed by atoms with van der Waals surface area (Å²) in [6.07, 6.45) is 0.933. The molecule has 0 spiro atoms. The normalized spacial score (nSPS) is 10.4. The van der Waals surface area contributed by atoms with Crippen molar-refractivity contribution in [2.24, 2.45) is 0 Å². The quantitative estimate of drug-likeness (QED) is 0.847. The maximum absolute atomic E-state index is 13.3. The Bertz CT molecular complexity index is 563. The van der Waals surface area contributed by atoms with Gasteiger partial charge in [-0.1, -0.05) is 11.6 Å². The van der Waals surface area contributed by atoms with Crippen LogP contribution in [0.5, 0.6) is 0 Å². The van der Waals surface area contributed by atoms with E-state index in [0.29, 0.717) is 5.69 Å². The topological polar surface area (TPSA) is 37.8 Å². The molecular formula is C10H5Cl2F2N3. The zero-order valence-corrected chi connectivity index (χ0v) is 9.73. The van der Waals surface area contributed by atoms with Crippen LogP contribution in [0.1, 0.15) is 0 Å².